The molecule has 8 heteroatoms. The summed E-state index contributed by atoms with van der Waals surface area (Å²) in [5.41, 5.74) is 6.33. The highest BCUT2D eigenvalue weighted by molar-refractivity contribution is 7.10. The molecule has 3 rings (SSSR count). The summed E-state index contributed by atoms with van der Waals surface area (Å²) in [4.78, 5) is 6.28. The van der Waals surface area contributed by atoms with Gasteiger partial charge in [-0.2, -0.15) is 13.2 Å². The van der Waals surface area contributed by atoms with Crippen LogP contribution in [0.4, 0.5) is 13.2 Å². The van der Waals surface area contributed by atoms with Crippen LogP contribution in [-0.2, 0) is 5.54 Å². The van der Waals surface area contributed by atoms with E-state index in [1.165, 1.54) is 36.7 Å². The monoisotopic (exact) mass is 497 g/mol. The summed E-state index contributed by atoms with van der Waals surface area (Å²) >= 11 is 7.22. The van der Waals surface area contributed by atoms with Gasteiger partial charge in [0.25, 0.3) is 0 Å². The van der Waals surface area contributed by atoms with Crippen LogP contribution < -0.4 is 5.73 Å². The van der Waals surface area contributed by atoms with Gasteiger partial charge in [0, 0.05) is 41.7 Å². The van der Waals surface area contributed by atoms with Crippen LogP contribution in [-0.4, -0.2) is 29.7 Å². The maximum atomic E-state index is 14.0. The zero-order valence-corrected chi connectivity index (χ0v) is 20.7. The fraction of sp³-hybridized carbons (Fsp3) is 0.480. The Balaban J connectivity index is 1.75. The second-order valence-corrected chi connectivity index (χ2v) is 9.94. The lowest BCUT2D eigenvalue weighted by Crippen LogP contribution is -2.40. The van der Waals surface area contributed by atoms with Crippen molar-refractivity contribution < 1.29 is 13.2 Å². The second-order valence-electron chi connectivity index (χ2n) is 8.65. The Kier molecular flexibility index (Phi) is 8.65. The first-order valence-electron chi connectivity index (χ1n) is 11.4. The highest BCUT2D eigenvalue weighted by Crippen LogP contribution is 2.43. The third kappa shape index (κ3) is 6.61. The van der Waals surface area contributed by atoms with Gasteiger partial charge < -0.3 is 10.6 Å². The maximum Gasteiger partial charge on any atom is 0.414 e. The molecule has 1 aliphatic carbocycles. The molecule has 2 aromatic rings. The van der Waals surface area contributed by atoms with Crippen LogP contribution in [0.2, 0.25) is 5.02 Å². The molecule has 1 aromatic heterocycles. The van der Waals surface area contributed by atoms with Crippen LogP contribution in [0.5, 0.6) is 0 Å². The van der Waals surface area contributed by atoms with E-state index < -0.39 is 17.3 Å². The molecule has 1 atom stereocenters. The Morgan fingerprint density at radius 1 is 1.12 bits per heavy atom. The van der Waals surface area contributed by atoms with E-state index in [9.17, 15) is 13.2 Å². The van der Waals surface area contributed by atoms with Crippen molar-refractivity contribution in [3.8, 4) is 11.3 Å². The number of alkyl halides is 3. The average molecular weight is 498 g/mol. The molecule has 1 aromatic carbocycles. The second kappa shape index (κ2) is 11.1. The molecule has 1 aliphatic rings. The van der Waals surface area contributed by atoms with Crippen molar-refractivity contribution in [1.29, 1.82) is 0 Å². The first-order valence-corrected chi connectivity index (χ1v) is 12.6. The number of likely N-dealkylation sites (N-methyl/N-ethyl adjacent to an activating group) is 1. The minimum absolute atomic E-state index is 0.201. The van der Waals surface area contributed by atoms with Gasteiger partial charge in [-0.1, -0.05) is 68.8 Å². The van der Waals surface area contributed by atoms with E-state index in [-0.39, 0.29) is 12.1 Å². The summed E-state index contributed by atoms with van der Waals surface area (Å²) in [5.74, 6) is 0. The molecule has 0 spiro atoms. The number of aromatic nitrogens is 1. The number of hydrogen-bond acceptors (Lipinski definition) is 4. The van der Waals surface area contributed by atoms with E-state index in [1.807, 2.05) is 17.5 Å². The number of halogens is 4. The summed E-state index contributed by atoms with van der Waals surface area (Å²) in [6.07, 6.45) is 4.96. The Hall–Kier alpha value is -1.83. The number of hydrogen-bond donors (Lipinski definition) is 1. The zero-order valence-electron chi connectivity index (χ0n) is 19.1. The number of rotatable bonds is 10. The molecule has 0 saturated heterocycles. The molecule has 1 heterocycles. The Morgan fingerprint density at radius 3 is 2.45 bits per heavy atom. The molecular weight excluding hydrogens is 467 g/mol. The minimum atomic E-state index is -4.46. The van der Waals surface area contributed by atoms with Crippen LogP contribution in [0.15, 0.2) is 53.1 Å². The smallest absolute Gasteiger partial charge is 0.374 e. The first-order chi connectivity index (χ1) is 15.6. The standard InChI is InChI=1S/C25H31ClF3N3S/c1-3-4-5-6-7-8-15-32(2)22-13-14-24(30,16-20(22)25(27,28)29)23-31-21(17-33-23)18-9-11-19(26)12-10-18/h9-14,17H,3-8,15-16,30H2,1-2H3. The van der Waals surface area contributed by atoms with Crippen molar-refractivity contribution in [3.63, 3.8) is 0 Å². The molecule has 0 fully saturated rings. The predicted molar refractivity (Wildman–Crippen MR) is 131 cm³/mol. The van der Waals surface area contributed by atoms with E-state index in [1.54, 1.807) is 30.2 Å². The van der Waals surface area contributed by atoms with Gasteiger partial charge in [-0.25, -0.2) is 4.98 Å². The van der Waals surface area contributed by atoms with Crippen molar-refractivity contribution in [2.75, 3.05) is 13.6 Å². The predicted octanol–water partition coefficient (Wildman–Crippen LogP) is 7.69. The summed E-state index contributed by atoms with van der Waals surface area (Å²) < 4.78 is 42.1. The molecule has 0 saturated carbocycles. The molecule has 1 unspecified atom stereocenters. The van der Waals surface area contributed by atoms with Gasteiger partial charge in [0.1, 0.15) is 5.01 Å². The zero-order chi connectivity index (χ0) is 24.1. The Morgan fingerprint density at radius 2 is 1.79 bits per heavy atom. The molecule has 0 bridgehead atoms. The third-order valence-electron chi connectivity index (χ3n) is 5.96. The topological polar surface area (TPSA) is 42.1 Å². The van der Waals surface area contributed by atoms with Gasteiger partial charge in [-0.3, -0.25) is 0 Å². The van der Waals surface area contributed by atoms with Crippen LogP contribution in [0, 0.1) is 0 Å². The molecule has 0 amide bonds. The largest absolute Gasteiger partial charge is 0.414 e. The molecule has 2 N–H and O–H groups in total. The molecular formula is C25H31ClF3N3S. The van der Waals surface area contributed by atoms with E-state index in [0.29, 0.717) is 22.3 Å². The highest BCUT2D eigenvalue weighted by atomic mass is 35.5. The van der Waals surface area contributed by atoms with Crippen LogP contribution in [0.1, 0.15) is 56.9 Å². The molecule has 3 nitrogen and oxygen atoms in total. The van der Waals surface area contributed by atoms with Crippen molar-refractivity contribution in [1.82, 2.24) is 9.88 Å². The fourth-order valence-corrected chi connectivity index (χ4v) is 5.06. The van der Waals surface area contributed by atoms with Gasteiger partial charge in [0.2, 0.25) is 0 Å². The summed E-state index contributed by atoms with van der Waals surface area (Å²) in [6.45, 7) is 2.75. The van der Waals surface area contributed by atoms with Gasteiger partial charge in [-0.15, -0.1) is 11.3 Å². The van der Waals surface area contributed by atoms with Gasteiger partial charge >= 0.3 is 6.18 Å². The quantitative estimate of drug-likeness (QED) is 0.342. The average Bonchev–Trinajstić information content (AvgIpc) is 3.27. The normalized spacial score (nSPS) is 18.8. The van der Waals surface area contributed by atoms with Crippen molar-refractivity contribution in [2.24, 2.45) is 5.73 Å². The lowest BCUT2D eigenvalue weighted by molar-refractivity contribution is -0.0975. The van der Waals surface area contributed by atoms with Gasteiger partial charge in [0.15, 0.2) is 0 Å². The van der Waals surface area contributed by atoms with E-state index in [0.717, 1.165) is 24.8 Å². The highest BCUT2D eigenvalue weighted by Gasteiger charge is 2.44. The Bertz CT molecular complexity index is 982. The lowest BCUT2D eigenvalue weighted by atomic mass is 9.85. The Labute approximate surface area is 203 Å². The third-order valence-corrected chi connectivity index (χ3v) is 7.25. The molecule has 180 valence electrons. The number of benzene rings is 1. The van der Waals surface area contributed by atoms with Crippen molar-refractivity contribution in [3.05, 3.63) is 63.1 Å². The lowest BCUT2D eigenvalue weighted by Gasteiger charge is -2.34. The van der Waals surface area contributed by atoms with Crippen LogP contribution in [0.25, 0.3) is 11.3 Å². The van der Waals surface area contributed by atoms with Gasteiger partial charge in [-0.05, 0) is 24.6 Å². The number of allylic oxidation sites excluding steroid dienone is 1. The van der Waals surface area contributed by atoms with Gasteiger partial charge in [0.05, 0.1) is 16.8 Å². The molecule has 33 heavy (non-hydrogen) atoms. The summed E-state index contributed by atoms with van der Waals surface area (Å²) in [7, 11) is 1.73. The van der Waals surface area contributed by atoms with Crippen molar-refractivity contribution >= 4 is 22.9 Å². The van der Waals surface area contributed by atoms with Crippen LogP contribution in [0.3, 0.4) is 0 Å². The maximum absolute atomic E-state index is 14.0. The fourth-order valence-electron chi connectivity index (χ4n) is 4.01. The SMILES string of the molecule is CCCCCCCCN(C)C1=C(C(F)(F)F)CC(N)(c2nc(-c3ccc(Cl)cc3)cs2)C=C1. The van der Waals surface area contributed by atoms with Crippen molar-refractivity contribution in [2.45, 2.75) is 63.6 Å². The molecule has 0 radical (unpaired) electrons. The summed E-state index contributed by atoms with van der Waals surface area (Å²) in [5, 5.41) is 2.89. The van der Waals surface area contributed by atoms with E-state index in [2.05, 4.69) is 11.9 Å². The minimum Gasteiger partial charge on any atom is -0.374 e. The molecule has 0 aliphatic heterocycles. The van der Waals surface area contributed by atoms with Crippen LogP contribution >= 0.6 is 22.9 Å². The summed E-state index contributed by atoms with van der Waals surface area (Å²) in [6, 6.07) is 7.17. The first kappa shape index (κ1) is 25.8. The number of nitrogens with zero attached hydrogens (tertiary/aromatic N) is 2. The van der Waals surface area contributed by atoms with E-state index >= 15 is 0 Å². The van der Waals surface area contributed by atoms with E-state index in [4.69, 9.17) is 17.3 Å². The number of nitrogens with two attached hydrogens (primary N) is 1. The number of unbranched alkanes of at least 4 members (excludes halogenated alkanes) is 5. The number of thiazole rings is 1.